The summed E-state index contributed by atoms with van der Waals surface area (Å²) in [5, 5.41) is 0. The van der Waals surface area contributed by atoms with Crippen molar-refractivity contribution in [2.24, 2.45) is 17.8 Å². The van der Waals surface area contributed by atoms with E-state index in [-0.39, 0.29) is 36.4 Å². The van der Waals surface area contributed by atoms with E-state index < -0.39 is 18.1 Å². The highest BCUT2D eigenvalue weighted by Gasteiger charge is 2.58. The van der Waals surface area contributed by atoms with Gasteiger partial charge in [0.2, 0.25) is 0 Å². The second-order valence-electron chi connectivity index (χ2n) is 8.51. The van der Waals surface area contributed by atoms with Crippen molar-refractivity contribution in [1.29, 1.82) is 0 Å². The van der Waals surface area contributed by atoms with Crippen molar-refractivity contribution < 1.29 is 22.6 Å². The molecule has 0 radical (unpaired) electrons. The van der Waals surface area contributed by atoms with Gasteiger partial charge in [-0.05, 0) is 54.5 Å². The van der Waals surface area contributed by atoms with Crippen LogP contribution in [0, 0.1) is 23.6 Å². The molecule has 0 N–H and O–H groups in total. The molecule has 1 aliphatic heterocycles. The molecule has 2 aliphatic carbocycles. The van der Waals surface area contributed by atoms with Crippen LogP contribution >= 0.6 is 0 Å². The fraction of sp³-hybridized carbons (Fsp3) is 0.458. The number of aromatic nitrogens is 1. The summed E-state index contributed by atoms with van der Waals surface area (Å²) in [4.78, 5) is 4.47. The van der Waals surface area contributed by atoms with Crippen LogP contribution in [-0.2, 0) is 9.47 Å². The minimum absolute atomic E-state index is 0.00656. The zero-order chi connectivity index (χ0) is 20.7. The molecule has 5 atom stereocenters. The number of pyridine rings is 1. The number of nitrogens with zero attached hydrogens (tertiary/aromatic N) is 1. The summed E-state index contributed by atoms with van der Waals surface area (Å²) < 4.78 is 53.5. The Morgan fingerprint density at radius 3 is 2.53 bits per heavy atom. The van der Waals surface area contributed by atoms with Gasteiger partial charge in [-0.15, -0.1) is 0 Å². The molecule has 0 bridgehead atoms. The van der Waals surface area contributed by atoms with Crippen molar-refractivity contribution in [1.82, 2.24) is 4.98 Å². The Balaban J connectivity index is 1.38. The largest absolute Gasteiger partial charge is 0.347 e. The molecule has 2 saturated carbocycles. The van der Waals surface area contributed by atoms with Crippen LogP contribution in [-0.4, -0.2) is 36.3 Å². The van der Waals surface area contributed by atoms with Crippen LogP contribution in [0.3, 0.4) is 0 Å². The molecule has 1 saturated heterocycles. The molecule has 3 nitrogen and oxygen atoms in total. The van der Waals surface area contributed by atoms with Crippen molar-refractivity contribution in [3.63, 3.8) is 0 Å². The van der Waals surface area contributed by atoms with Crippen molar-refractivity contribution in [2.45, 2.75) is 37.4 Å². The zero-order valence-electron chi connectivity index (χ0n) is 16.5. The van der Waals surface area contributed by atoms with Gasteiger partial charge in [0, 0.05) is 24.1 Å². The molecule has 3 aliphatic rings. The predicted octanol–water partition coefficient (Wildman–Crippen LogP) is 5.37. The lowest BCUT2D eigenvalue weighted by Gasteiger charge is -2.33. The number of hydrogen-bond acceptors (Lipinski definition) is 3. The summed E-state index contributed by atoms with van der Waals surface area (Å²) in [5.41, 5.74) is 2.33. The second kappa shape index (κ2) is 7.82. The Morgan fingerprint density at radius 1 is 1.00 bits per heavy atom. The summed E-state index contributed by atoms with van der Waals surface area (Å²) >= 11 is 0. The molecule has 2 heterocycles. The summed E-state index contributed by atoms with van der Waals surface area (Å²) in [6, 6.07) is 10.1. The van der Waals surface area contributed by atoms with Crippen LogP contribution in [0.1, 0.15) is 25.0 Å². The van der Waals surface area contributed by atoms with Gasteiger partial charge in [-0.1, -0.05) is 24.3 Å². The lowest BCUT2D eigenvalue weighted by atomic mass is 9.76. The van der Waals surface area contributed by atoms with Gasteiger partial charge < -0.3 is 9.47 Å². The summed E-state index contributed by atoms with van der Waals surface area (Å²) in [7, 11) is 0. The molecule has 2 aromatic rings. The summed E-state index contributed by atoms with van der Waals surface area (Å²) in [6.45, 7) is 1.00. The van der Waals surface area contributed by atoms with Crippen LogP contribution in [0.4, 0.5) is 13.2 Å². The standard InChI is InChI=1S/C24H24F3NO2/c25-18-3-1-2-15(10-18)16-4-5-19(28-14-16)6-7-21-20-12-23(27)22(26)11-17(20)13-24(21)29-8-9-30-24/h1-7,10,14,17,20-23H,8-9,11-13H2/b7-6+/t17-,20-,21+,22-,23+/m1/s1. The van der Waals surface area contributed by atoms with E-state index in [9.17, 15) is 13.2 Å². The number of hydrogen-bond donors (Lipinski definition) is 0. The molecule has 5 rings (SSSR count). The highest BCUT2D eigenvalue weighted by Crippen LogP contribution is 2.55. The van der Waals surface area contributed by atoms with Gasteiger partial charge in [-0.2, -0.15) is 0 Å². The third-order valence-electron chi connectivity index (χ3n) is 6.73. The van der Waals surface area contributed by atoms with Gasteiger partial charge in [0.05, 0.1) is 18.9 Å². The van der Waals surface area contributed by atoms with Gasteiger partial charge >= 0.3 is 0 Å². The molecule has 0 unspecified atom stereocenters. The quantitative estimate of drug-likeness (QED) is 0.676. The lowest BCUT2D eigenvalue weighted by molar-refractivity contribution is -0.175. The number of fused-ring (bicyclic) bond motifs is 1. The molecule has 1 aromatic carbocycles. The van der Waals surface area contributed by atoms with E-state index in [0.717, 1.165) is 16.8 Å². The molecular formula is C24H24F3NO2. The van der Waals surface area contributed by atoms with Crippen LogP contribution in [0.2, 0.25) is 0 Å². The minimum atomic E-state index is -1.43. The predicted molar refractivity (Wildman–Crippen MR) is 107 cm³/mol. The van der Waals surface area contributed by atoms with Crippen LogP contribution in [0.25, 0.3) is 17.2 Å². The third-order valence-corrected chi connectivity index (χ3v) is 6.73. The number of halogens is 3. The third kappa shape index (κ3) is 3.56. The maximum absolute atomic E-state index is 14.1. The summed E-state index contributed by atoms with van der Waals surface area (Å²) in [5.74, 6) is -1.16. The normalized spacial score (nSPS) is 32.7. The highest BCUT2D eigenvalue weighted by molar-refractivity contribution is 5.63. The topological polar surface area (TPSA) is 31.4 Å². The Kier molecular flexibility index (Phi) is 5.15. The SMILES string of the molecule is Fc1cccc(-c2ccc(/C=C/[C@H]3[C@@H]4C[C@H](F)[C@H](F)C[C@@H]4CC34OCCO4)nc2)c1. The van der Waals surface area contributed by atoms with E-state index in [1.54, 1.807) is 12.3 Å². The fourth-order valence-corrected chi connectivity index (χ4v) is 5.33. The van der Waals surface area contributed by atoms with E-state index in [0.29, 0.717) is 19.6 Å². The van der Waals surface area contributed by atoms with Gasteiger partial charge in [-0.3, -0.25) is 4.98 Å². The van der Waals surface area contributed by atoms with E-state index >= 15 is 0 Å². The second-order valence-corrected chi connectivity index (χ2v) is 8.51. The van der Waals surface area contributed by atoms with Crippen molar-refractivity contribution in [3.05, 3.63) is 60.2 Å². The Hall–Kier alpha value is -2.18. The molecule has 3 fully saturated rings. The first kappa shape index (κ1) is 19.8. The lowest BCUT2D eigenvalue weighted by Crippen LogP contribution is -2.37. The Bertz CT molecular complexity index is 926. The monoisotopic (exact) mass is 415 g/mol. The van der Waals surface area contributed by atoms with Gasteiger partial charge in [0.25, 0.3) is 0 Å². The first-order chi connectivity index (χ1) is 14.5. The van der Waals surface area contributed by atoms with E-state index in [2.05, 4.69) is 4.98 Å². The summed E-state index contributed by atoms with van der Waals surface area (Å²) in [6.07, 6.45) is 3.79. The smallest absolute Gasteiger partial charge is 0.175 e. The van der Waals surface area contributed by atoms with Crippen molar-refractivity contribution in [2.75, 3.05) is 13.2 Å². The Labute approximate surface area is 173 Å². The van der Waals surface area contributed by atoms with Crippen LogP contribution < -0.4 is 0 Å². The highest BCUT2D eigenvalue weighted by atomic mass is 19.2. The number of benzene rings is 1. The molecule has 158 valence electrons. The van der Waals surface area contributed by atoms with E-state index in [4.69, 9.17) is 9.47 Å². The molecular weight excluding hydrogens is 391 g/mol. The maximum atomic E-state index is 14.1. The van der Waals surface area contributed by atoms with E-state index in [1.807, 2.05) is 30.4 Å². The van der Waals surface area contributed by atoms with Gasteiger partial charge in [0.15, 0.2) is 5.79 Å². The van der Waals surface area contributed by atoms with Crippen LogP contribution in [0.5, 0.6) is 0 Å². The number of rotatable bonds is 3. The molecule has 1 aromatic heterocycles. The van der Waals surface area contributed by atoms with E-state index in [1.165, 1.54) is 12.1 Å². The van der Waals surface area contributed by atoms with Gasteiger partial charge in [-0.25, -0.2) is 13.2 Å². The molecule has 30 heavy (non-hydrogen) atoms. The molecule has 0 amide bonds. The number of alkyl halides is 2. The van der Waals surface area contributed by atoms with Crippen LogP contribution in [0.15, 0.2) is 48.7 Å². The minimum Gasteiger partial charge on any atom is -0.347 e. The average molecular weight is 415 g/mol. The average Bonchev–Trinajstić information content (AvgIpc) is 3.32. The zero-order valence-corrected chi connectivity index (χ0v) is 16.5. The van der Waals surface area contributed by atoms with Crippen molar-refractivity contribution in [3.8, 4) is 11.1 Å². The fourth-order valence-electron chi connectivity index (χ4n) is 5.33. The molecule has 6 heteroatoms. The number of ether oxygens (including phenoxy) is 2. The molecule has 1 spiro atoms. The Morgan fingerprint density at radius 2 is 1.80 bits per heavy atom. The van der Waals surface area contributed by atoms with Crippen molar-refractivity contribution >= 4 is 6.08 Å². The first-order valence-corrected chi connectivity index (χ1v) is 10.5. The van der Waals surface area contributed by atoms with Gasteiger partial charge in [0.1, 0.15) is 18.2 Å². The maximum Gasteiger partial charge on any atom is 0.175 e. The first-order valence-electron chi connectivity index (χ1n) is 10.5.